The minimum absolute atomic E-state index is 0.317. The van der Waals surface area contributed by atoms with E-state index in [2.05, 4.69) is 37.3 Å². The first kappa shape index (κ1) is 13.1. The molecule has 2 rings (SSSR count). The van der Waals surface area contributed by atoms with E-state index in [4.69, 9.17) is 0 Å². The second-order valence-corrected chi connectivity index (χ2v) is 7.77. The van der Waals surface area contributed by atoms with Crippen LogP contribution in [0.2, 0.25) is 0 Å². The number of rotatable bonds is 4. The van der Waals surface area contributed by atoms with E-state index in [0.29, 0.717) is 4.75 Å². The maximum Gasteiger partial charge on any atom is 0.0247 e. The smallest absolute Gasteiger partial charge is 0.0247 e. The molecule has 0 radical (unpaired) electrons. The Morgan fingerprint density at radius 2 is 2.00 bits per heavy atom. The van der Waals surface area contributed by atoms with E-state index in [1.165, 1.54) is 38.8 Å². The number of hydrogen-bond donors (Lipinski definition) is 1. The van der Waals surface area contributed by atoms with E-state index in [9.17, 15) is 0 Å². The Hall–Kier alpha value is 0.660. The molecule has 0 aromatic rings. The molecule has 94 valence electrons. The van der Waals surface area contributed by atoms with Gasteiger partial charge in [0.05, 0.1) is 0 Å². The highest BCUT2D eigenvalue weighted by atomic mass is 33.1. The third-order valence-electron chi connectivity index (χ3n) is 4.50. The topological polar surface area (TPSA) is 3.24 Å². The van der Waals surface area contributed by atoms with Gasteiger partial charge in [-0.25, -0.2) is 0 Å². The van der Waals surface area contributed by atoms with Gasteiger partial charge in [0, 0.05) is 17.3 Å². The first-order valence-electron chi connectivity index (χ1n) is 6.65. The van der Waals surface area contributed by atoms with Crippen LogP contribution in [-0.2, 0) is 0 Å². The van der Waals surface area contributed by atoms with E-state index in [1.807, 2.05) is 0 Å². The molecule has 3 heteroatoms. The summed E-state index contributed by atoms with van der Waals surface area (Å²) in [6, 6.07) is 0.932. The van der Waals surface area contributed by atoms with Crippen LogP contribution < -0.4 is 0 Å². The van der Waals surface area contributed by atoms with Crippen LogP contribution in [0.3, 0.4) is 0 Å². The predicted octanol–water partition coefficient (Wildman–Crippen LogP) is 3.85. The lowest BCUT2D eigenvalue weighted by Crippen LogP contribution is -2.48. The standard InChI is InChI=1S/C13H25NS2/c1-4-10-7-8-14(11-5-6-11)9-12(10)13(2,3)16-15/h10-12,15H,4-9H2,1-3H3. The molecule has 2 aliphatic rings. The Kier molecular flexibility index (Phi) is 4.19. The lowest BCUT2D eigenvalue weighted by Gasteiger charge is -2.45. The lowest BCUT2D eigenvalue weighted by molar-refractivity contribution is 0.0918. The van der Waals surface area contributed by atoms with Crippen LogP contribution in [0.15, 0.2) is 0 Å². The van der Waals surface area contributed by atoms with Crippen LogP contribution in [0.1, 0.15) is 46.5 Å². The van der Waals surface area contributed by atoms with Gasteiger partial charge in [0.15, 0.2) is 0 Å². The van der Waals surface area contributed by atoms with Crippen LogP contribution in [0.25, 0.3) is 0 Å². The average molecular weight is 259 g/mol. The highest BCUT2D eigenvalue weighted by Crippen LogP contribution is 2.45. The molecule has 0 spiro atoms. The van der Waals surface area contributed by atoms with Crippen molar-refractivity contribution in [1.29, 1.82) is 0 Å². The monoisotopic (exact) mass is 259 g/mol. The fourth-order valence-electron chi connectivity index (χ4n) is 3.14. The lowest BCUT2D eigenvalue weighted by atomic mass is 9.76. The minimum atomic E-state index is 0.317. The Labute approximate surface area is 110 Å². The molecule has 16 heavy (non-hydrogen) atoms. The van der Waals surface area contributed by atoms with Crippen LogP contribution in [-0.4, -0.2) is 28.8 Å². The van der Waals surface area contributed by atoms with E-state index < -0.39 is 0 Å². The normalized spacial score (nSPS) is 33.0. The van der Waals surface area contributed by atoms with Crippen molar-refractivity contribution in [2.24, 2.45) is 11.8 Å². The second kappa shape index (κ2) is 5.11. The van der Waals surface area contributed by atoms with Crippen LogP contribution in [0.4, 0.5) is 0 Å². The maximum atomic E-state index is 4.49. The summed E-state index contributed by atoms with van der Waals surface area (Å²) in [6.07, 6.45) is 5.62. The largest absolute Gasteiger partial charge is 0.300 e. The molecule has 0 N–H and O–H groups in total. The van der Waals surface area contributed by atoms with Crippen molar-refractivity contribution in [3.63, 3.8) is 0 Å². The summed E-state index contributed by atoms with van der Waals surface area (Å²) in [5.74, 6) is 1.72. The van der Waals surface area contributed by atoms with Gasteiger partial charge in [-0.3, -0.25) is 0 Å². The summed E-state index contributed by atoms with van der Waals surface area (Å²) >= 11 is 4.49. The van der Waals surface area contributed by atoms with Gasteiger partial charge in [0.2, 0.25) is 0 Å². The highest BCUT2D eigenvalue weighted by Gasteiger charge is 2.42. The fraction of sp³-hybridized carbons (Fsp3) is 1.00. The molecule has 2 fully saturated rings. The highest BCUT2D eigenvalue weighted by molar-refractivity contribution is 8.69. The van der Waals surface area contributed by atoms with Crippen LogP contribution >= 0.6 is 22.5 Å². The van der Waals surface area contributed by atoms with Gasteiger partial charge in [0.1, 0.15) is 0 Å². The molecule has 2 unspecified atom stereocenters. The summed E-state index contributed by atoms with van der Waals surface area (Å²) in [5, 5.41) is 0. The van der Waals surface area contributed by atoms with Gasteiger partial charge < -0.3 is 4.90 Å². The molecule has 1 heterocycles. The van der Waals surface area contributed by atoms with Crippen LogP contribution in [0.5, 0.6) is 0 Å². The molecule has 1 nitrogen and oxygen atoms in total. The van der Waals surface area contributed by atoms with Crippen molar-refractivity contribution in [3.8, 4) is 0 Å². The van der Waals surface area contributed by atoms with Gasteiger partial charge in [0.25, 0.3) is 0 Å². The van der Waals surface area contributed by atoms with Crippen molar-refractivity contribution in [1.82, 2.24) is 4.90 Å². The number of thiol groups is 1. The average Bonchev–Trinajstić information content (AvgIpc) is 3.12. The summed E-state index contributed by atoms with van der Waals surface area (Å²) in [5.41, 5.74) is 0. The van der Waals surface area contributed by atoms with E-state index in [1.54, 1.807) is 10.8 Å². The van der Waals surface area contributed by atoms with E-state index >= 15 is 0 Å². The van der Waals surface area contributed by atoms with Gasteiger partial charge in [-0.15, -0.1) is 11.7 Å². The SMILES string of the molecule is CCC1CCN(C2CC2)CC1C(C)(C)SS. The number of piperidine rings is 1. The maximum absolute atomic E-state index is 4.49. The fourth-order valence-corrected chi connectivity index (χ4v) is 3.95. The van der Waals surface area contributed by atoms with Crippen LogP contribution in [0, 0.1) is 11.8 Å². The van der Waals surface area contributed by atoms with Crippen molar-refractivity contribution < 1.29 is 0 Å². The molecule has 0 amide bonds. The summed E-state index contributed by atoms with van der Waals surface area (Å²) in [4.78, 5) is 2.74. The Bertz CT molecular complexity index is 238. The van der Waals surface area contributed by atoms with Crippen molar-refractivity contribution in [2.75, 3.05) is 13.1 Å². The zero-order valence-corrected chi connectivity index (χ0v) is 12.5. The zero-order chi connectivity index (χ0) is 11.8. The number of nitrogens with zero attached hydrogens (tertiary/aromatic N) is 1. The predicted molar refractivity (Wildman–Crippen MR) is 77.1 cm³/mol. The first-order valence-corrected chi connectivity index (χ1v) is 8.52. The molecule has 1 aliphatic heterocycles. The minimum Gasteiger partial charge on any atom is -0.300 e. The third-order valence-corrected chi connectivity index (χ3v) is 6.69. The second-order valence-electron chi connectivity index (χ2n) is 5.98. The van der Waals surface area contributed by atoms with Gasteiger partial charge in [-0.1, -0.05) is 24.1 Å². The molecule has 0 aromatic heterocycles. The Balaban J connectivity index is 2.04. The summed E-state index contributed by atoms with van der Waals surface area (Å²) in [7, 11) is 1.75. The number of hydrogen-bond acceptors (Lipinski definition) is 3. The van der Waals surface area contributed by atoms with Gasteiger partial charge in [-0.05, 0) is 51.5 Å². The molecule has 1 saturated carbocycles. The van der Waals surface area contributed by atoms with Gasteiger partial charge in [-0.2, -0.15) is 0 Å². The first-order chi connectivity index (χ1) is 7.58. The number of likely N-dealkylation sites (tertiary alicyclic amines) is 1. The molecule has 1 saturated heterocycles. The van der Waals surface area contributed by atoms with Crippen molar-refractivity contribution in [3.05, 3.63) is 0 Å². The molecule has 2 atom stereocenters. The van der Waals surface area contributed by atoms with Crippen molar-refractivity contribution >= 4 is 22.5 Å². The molecular formula is C13H25NS2. The summed E-state index contributed by atoms with van der Waals surface area (Å²) < 4.78 is 0.317. The quantitative estimate of drug-likeness (QED) is 0.603. The zero-order valence-electron chi connectivity index (χ0n) is 10.8. The molecular weight excluding hydrogens is 234 g/mol. The Morgan fingerprint density at radius 3 is 2.50 bits per heavy atom. The van der Waals surface area contributed by atoms with Crippen molar-refractivity contribution in [2.45, 2.75) is 57.2 Å². The molecule has 0 aromatic carbocycles. The summed E-state index contributed by atoms with van der Waals surface area (Å²) in [6.45, 7) is 9.74. The van der Waals surface area contributed by atoms with E-state index in [0.717, 1.165) is 17.9 Å². The molecule has 0 bridgehead atoms. The van der Waals surface area contributed by atoms with E-state index in [-0.39, 0.29) is 0 Å². The van der Waals surface area contributed by atoms with Gasteiger partial charge >= 0.3 is 0 Å². The third kappa shape index (κ3) is 2.73. The Morgan fingerprint density at radius 1 is 1.31 bits per heavy atom. The molecule has 1 aliphatic carbocycles.